The molecule has 0 aromatic carbocycles. The summed E-state index contributed by atoms with van der Waals surface area (Å²) in [5.74, 6) is 0.0600. The Kier molecular flexibility index (Phi) is 9.82. The van der Waals surface area contributed by atoms with Crippen molar-refractivity contribution in [2.45, 2.75) is 85.5 Å². The maximum absolute atomic E-state index is 13.3. The lowest BCUT2D eigenvalue weighted by molar-refractivity contribution is -0.116. The summed E-state index contributed by atoms with van der Waals surface area (Å²) in [6.07, 6.45) is 3.66. The predicted octanol–water partition coefficient (Wildman–Crippen LogP) is 3.31. The van der Waals surface area contributed by atoms with Gasteiger partial charge in [-0.05, 0) is 32.6 Å². The van der Waals surface area contributed by atoms with E-state index in [4.69, 9.17) is 5.73 Å². The molecule has 10 heteroatoms. The van der Waals surface area contributed by atoms with Crippen LogP contribution in [0.15, 0.2) is 14.7 Å². The topological polar surface area (TPSA) is 119 Å². The number of thioether (sulfide) groups is 1. The summed E-state index contributed by atoms with van der Waals surface area (Å²) in [6.45, 7) is 13.6. The Morgan fingerprint density at radius 1 is 1.15 bits per heavy atom. The summed E-state index contributed by atoms with van der Waals surface area (Å²) < 4.78 is 3.49. The van der Waals surface area contributed by atoms with Crippen molar-refractivity contribution in [2.24, 2.45) is 5.92 Å². The summed E-state index contributed by atoms with van der Waals surface area (Å²) in [7, 11) is 0. The van der Waals surface area contributed by atoms with Crippen LogP contribution < -0.4 is 21.9 Å². The van der Waals surface area contributed by atoms with Crippen LogP contribution in [-0.2, 0) is 17.9 Å². The number of aryl methyl sites for hydroxylation is 1. The van der Waals surface area contributed by atoms with Crippen molar-refractivity contribution in [3.05, 3.63) is 32.2 Å². The van der Waals surface area contributed by atoms with E-state index in [9.17, 15) is 14.4 Å². The van der Waals surface area contributed by atoms with E-state index in [1.54, 1.807) is 0 Å². The average Bonchev–Trinajstić information content (AvgIpc) is 3.02. The van der Waals surface area contributed by atoms with Gasteiger partial charge in [0, 0.05) is 25.3 Å². The van der Waals surface area contributed by atoms with E-state index >= 15 is 0 Å². The van der Waals surface area contributed by atoms with Gasteiger partial charge in [-0.2, -0.15) is 0 Å². The molecule has 0 aliphatic carbocycles. The SMILES string of the molecule is CCCCN(C(=O)CSc1nc(C)c(C)n1CCCC)c1c(N)n(CC(C)C)c(=O)[nH]c1=O. The minimum absolute atomic E-state index is 0.0306. The highest BCUT2D eigenvalue weighted by Crippen LogP contribution is 2.24. The molecular formula is C23H38N6O3S. The summed E-state index contributed by atoms with van der Waals surface area (Å²) in [4.78, 5) is 46.8. The van der Waals surface area contributed by atoms with Crippen LogP contribution in [0.2, 0.25) is 0 Å². The fraction of sp³-hybridized carbons (Fsp3) is 0.652. The molecule has 1 amide bonds. The van der Waals surface area contributed by atoms with Crippen LogP contribution in [0.4, 0.5) is 11.5 Å². The molecule has 0 unspecified atom stereocenters. The van der Waals surface area contributed by atoms with Crippen LogP contribution in [0.1, 0.15) is 64.8 Å². The first-order chi connectivity index (χ1) is 15.6. The third kappa shape index (κ3) is 6.52. The number of hydrogen-bond donors (Lipinski definition) is 2. The van der Waals surface area contributed by atoms with Crippen LogP contribution in [0.5, 0.6) is 0 Å². The first-order valence-electron chi connectivity index (χ1n) is 11.7. The van der Waals surface area contributed by atoms with E-state index in [-0.39, 0.29) is 29.1 Å². The third-order valence-corrected chi connectivity index (χ3v) is 6.51. The number of nitrogens with one attached hydrogen (secondary N) is 1. The molecule has 0 saturated carbocycles. The largest absolute Gasteiger partial charge is 0.383 e. The second-order valence-electron chi connectivity index (χ2n) is 8.76. The molecule has 9 nitrogen and oxygen atoms in total. The molecule has 0 spiro atoms. The van der Waals surface area contributed by atoms with Crippen LogP contribution in [0, 0.1) is 19.8 Å². The molecule has 0 fully saturated rings. The number of unbranched alkanes of at least 4 members (excludes halogenated alkanes) is 2. The second-order valence-corrected chi connectivity index (χ2v) is 9.70. The van der Waals surface area contributed by atoms with Crippen LogP contribution >= 0.6 is 11.8 Å². The van der Waals surface area contributed by atoms with Crippen molar-refractivity contribution in [1.82, 2.24) is 19.1 Å². The Bertz CT molecular complexity index is 1070. The highest BCUT2D eigenvalue weighted by Gasteiger charge is 2.25. The monoisotopic (exact) mass is 478 g/mol. The van der Waals surface area contributed by atoms with Gasteiger partial charge in [-0.15, -0.1) is 0 Å². The summed E-state index contributed by atoms with van der Waals surface area (Å²) in [5.41, 5.74) is 7.18. The Labute approximate surface area is 199 Å². The summed E-state index contributed by atoms with van der Waals surface area (Å²) in [5, 5.41) is 0.800. The molecule has 2 aromatic rings. The van der Waals surface area contributed by atoms with Gasteiger partial charge in [0.15, 0.2) is 10.8 Å². The lowest BCUT2D eigenvalue weighted by Gasteiger charge is -2.24. The zero-order valence-corrected chi connectivity index (χ0v) is 21.5. The molecule has 3 N–H and O–H groups in total. The number of imidazole rings is 1. The molecule has 33 heavy (non-hydrogen) atoms. The maximum atomic E-state index is 13.3. The lowest BCUT2D eigenvalue weighted by atomic mass is 10.2. The molecule has 2 rings (SSSR count). The molecule has 0 atom stereocenters. The van der Waals surface area contributed by atoms with Crippen LogP contribution in [0.3, 0.4) is 0 Å². The predicted molar refractivity (Wildman–Crippen MR) is 135 cm³/mol. The number of carbonyl (C=O) groups excluding carboxylic acids is 1. The van der Waals surface area contributed by atoms with Gasteiger partial charge in [0.25, 0.3) is 5.56 Å². The summed E-state index contributed by atoms with van der Waals surface area (Å²) >= 11 is 1.37. The smallest absolute Gasteiger partial charge is 0.330 e. The zero-order chi connectivity index (χ0) is 24.7. The van der Waals surface area contributed by atoms with Gasteiger partial charge in [0.1, 0.15) is 5.82 Å². The first-order valence-corrected chi connectivity index (χ1v) is 12.7. The second kappa shape index (κ2) is 12.1. The van der Waals surface area contributed by atoms with Gasteiger partial charge in [-0.1, -0.05) is 52.3 Å². The number of nitrogens with zero attached hydrogens (tertiary/aromatic N) is 4. The molecule has 0 aliphatic rings. The molecule has 0 aliphatic heterocycles. The normalized spacial score (nSPS) is 11.4. The van der Waals surface area contributed by atoms with Gasteiger partial charge in [-0.3, -0.25) is 19.1 Å². The van der Waals surface area contributed by atoms with Crippen LogP contribution in [0.25, 0.3) is 0 Å². The lowest BCUT2D eigenvalue weighted by Crippen LogP contribution is -2.42. The number of nitrogens with two attached hydrogens (primary N) is 1. The molecule has 2 heterocycles. The quantitative estimate of drug-likeness (QED) is 0.452. The number of aromatic amines is 1. The molecule has 184 valence electrons. The van der Waals surface area contributed by atoms with Crippen molar-refractivity contribution in [2.75, 3.05) is 22.9 Å². The Hall–Kier alpha value is -2.49. The number of carbonyl (C=O) groups is 1. The highest BCUT2D eigenvalue weighted by molar-refractivity contribution is 7.99. The van der Waals surface area contributed by atoms with Gasteiger partial charge in [0.05, 0.1) is 11.4 Å². The number of H-pyrrole nitrogens is 1. The summed E-state index contributed by atoms with van der Waals surface area (Å²) in [6, 6.07) is 0. The van der Waals surface area contributed by atoms with E-state index in [1.807, 2.05) is 34.6 Å². The van der Waals surface area contributed by atoms with E-state index in [0.717, 1.165) is 42.4 Å². The third-order valence-electron chi connectivity index (χ3n) is 5.55. The Morgan fingerprint density at radius 2 is 1.82 bits per heavy atom. The van der Waals surface area contributed by atoms with E-state index in [1.165, 1.54) is 21.2 Å². The van der Waals surface area contributed by atoms with E-state index < -0.39 is 11.2 Å². The number of hydrogen-bond acceptors (Lipinski definition) is 6. The average molecular weight is 479 g/mol. The number of aromatic nitrogens is 4. The van der Waals surface area contributed by atoms with E-state index in [0.29, 0.717) is 19.5 Å². The molecular weight excluding hydrogens is 440 g/mol. The van der Waals surface area contributed by atoms with Gasteiger partial charge < -0.3 is 15.2 Å². The first kappa shape index (κ1) is 26.8. The maximum Gasteiger partial charge on any atom is 0.330 e. The van der Waals surface area contributed by atoms with Crippen molar-refractivity contribution in [3.8, 4) is 0 Å². The Balaban J connectivity index is 2.37. The fourth-order valence-corrected chi connectivity index (χ4v) is 4.57. The number of anilines is 2. The number of nitrogen functional groups attached to an aromatic ring is 1. The van der Waals surface area contributed by atoms with Crippen molar-refractivity contribution < 1.29 is 4.79 Å². The Morgan fingerprint density at radius 3 is 2.42 bits per heavy atom. The van der Waals surface area contributed by atoms with Gasteiger partial charge in [0.2, 0.25) is 5.91 Å². The molecule has 0 bridgehead atoms. The van der Waals surface area contributed by atoms with E-state index in [2.05, 4.69) is 21.5 Å². The van der Waals surface area contributed by atoms with Crippen molar-refractivity contribution in [1.29, 1.82) is 0 Å². The van der Waals surface area contributed by atoms with Gasteiger partial charge in [-0.25, -0.2) is 9.78 Å². The number of amides is 1. The fourth-order valence-electron chi connectivity index (χ4n) is 3.58. The van der Waals surface area contributed by atoms with Crippen molar-refractivity contribution in [3.63, 3.8) is 0 Å². The minimum atomic E-state index is -0.636. The molecule has 0 radical (unpaired) electrons. The van der Waals surface area contributed by atoms with Gasteiger partial charge >= 0.3 is 5.69 Å². The standard InChI is InChI=1S/C23H38N6O3S/c1-7-9-11-27-17(6)16(5)25-23(27)33-14-18(30)28(12-10-8-2)19-20(24)29(13-15(3)4)22(32)26-21(19)31/h15H,7-14,24H2,1-6H3,(H,26,31,32). The minimum Gasteiger partial charge on any atom is -0.383 e. The van der Waals surface area contributed by atoms with Crippen molar-refractivity contribution >= 4 is 29.2 Å². The number of rotatable bonds is 12. The molecule has 0 saturated heterocycles. The zero-order valence-electron chi connectivity index (χ0n) is 20.7. The van der Waals surface area contributed by atoms with Crippen LogP contribution in [-0.4, -0.2) is 37.3 Å². The highest BCUT2D eigenvalue weighted by atomic mass is 32.2. The molecule has 2 aromatic heterocycles.